The van der Waals surface area contributed by atoms with Crippen molar-refractivity contribution in [3.63, 3.8) is 0 Å². The van der Waals surface area contributed by atoms with Gasteiger partial charge in [0.1, 0.15) is 5.82 Å². The van der Waals surface area contributed by atoms with Gasteiger partial charge in [0, 0.05) is 5.56 Å². The van der Waals surface area contributed by atoms with Crippen LogP contribution in [0.2, 0.25) is 0 Å². The predicted molar refractivity (Wildman–Crippen MR) is 122 cm³/mol. The Bertz CT molecular complexity index is 1570. The minimum Gasteiger partial charge on any atom is -0.207 e. The average molecular weight is 595 g/mol. The number of halogens is 13. The first-order valence-electron chi connectivity index (χ1n) is 11.2. The van der Waals surface area contributed by atoms with E-state index in [2.05, 4.69) is 0 Å². The molecule has 0 aliphatic carbocycles. The largest absolute Gasteiger partial charge is 0.417 e. The first kappa shape index (κ1) is 29.9. The van der Waals surface area contributed by atoms with E-state index in [4.69, 9.17) is 0 Å². The molecule has 0 saturated carbocycles. The zero-order chi connectivity index (χ0) is 30.5. The van der Waals surface area contributed by atoms with Crippen LogP contribution in [0.5, 0.6) is 0 Å². The van der Waals surface area contributed by atoms with Gasteiger partial charge in [-0.2, -0.15) is 52.7 Å². The minimum absolute atomic E-state index is 0.145. The molecule has 0 aliphatic rings. The van der Waals surface area contributed by atoms with Gasteiger partial charge in [0.15, 0.2) is 0 Å². The first-order chi connectivity index (χ1) is 18.8. The molecule has 0 fully saturated rings. The van der Waals surface area contributed by atoms with Crippen molar-refractivity contribution in [1.29, 1.82) is 0 Å². The van der Waals surface area contributed by atoms with Crippen LogP contribution >= 0.6 is 0 Å². The molecular formula is C28H12F13. The fourth-order valence-corrected chi connectivity index (χ4v) is 4.38. The highest BCUT2D eigenvalue weighted by molar-refractivity contribution is 5.89. The van der Waals surface area contributed by atoms with E-state index < -0.39 is 86.2 Å². The summed E-state index contributed by atoms with van der Waals surface area (Å²) in [6, 6.07) is 9.07. The third-order valence-electron chi connectivity index (χ3n) is 5.99. The topological polar surface area (TPSA) is 0 Å². The molecule has 0 aromatic heterocycles. The van der Waals surface area contributed by atoms with Crippen LogP contribution in [0.1, 0.15) is 22.3 Å². The van der Waals surface area contributed by atoms with Crippen molar-refractivity contribution in [2.24, 2.45) is 0 Å². The third-order valence-corrected chi connectivity index (χ3v) is 5.99. The molecule has 0 N–H and O–H groups in total. The van der Waals surface area contributed by atoms with Crippen LogP contribution in [0.4, 0.5) is 57.1 Å². The molecule has 0 amide bonds. The Hall–Kier alpha value is -4.03. The molecular weight excluding hydrogens is 583 g/mol. The van der Waals surface area contributed by atoms with Gasteiger partial charge in [-0.1, -0.05) is 42.5 Å². The zero-order valence-electron chi connectivity index (χ0n) is 19.8. The van der Waals surface area contributed by atoms with Crippen molar-refractivity contribution < 1.29 is 57.1 Å². The van der Waals surface area contributed by atoms with Gasteiger partial charge >= 0.3 is 24.7 Å². The second-order valence-corrected chi connectivity index (χ2v) is 8.63. The number of hydrogen-bond donors (Lipinski definition) is 0. The van der Waals surface area contributed by atoms with Gasteiger partial charge in [0.25, 0.3) is 0 Å². The third kappa shape index (κ3) is 6.03. The number of hydrogen-bond acceptors (Lipinski definition) is 0. The summed E-state index contributed by atoms with van der Waals surface area (Å²) in [5, 5.41) is 0. The lowest BCUT2D eigenvalue weighted by Gasteiger charge is -2.22. The quantitative estimate of drug-likeness (QED) is 0.207. The van der Waals surface area contributed by atoms with Crippen molar-refractivity contribution in [3.05, 3.63) is 107 Å². The van der Waals surface area contributed by atoms with Crippen molar-refractivity contribution >= 4 is 0 Å². The monoisotopic (exact) mass is 595 g/mol. The maximum Gasteiger partial charge on any atom is 0.417 e. The number of benzene rings is 4. The van der Waals surface area contributed by atoms with Crippen LogP contribution in [0.15, 0.2) is 72.8 Å². The van der Waals surface area contributed by atoms with Crippen LogP contribution in [0.25, 0.3) is 33.4 Å². The van der Waals surface area contributed by atoms with E-state index in [1.165, 1.54) is 0 Å². The van der Waals surface area contributed by atoms with Crippen LogP contribution in [0.3, 0.4) is 0 Å². The highest BCUT2D eigenvalue weighted by Crippen LogP contribution is 2.49. The van der Waals surface area contributed by atoms with E-state index in [-0.39, 0.29) is 12.1 Å². The molecule has 0 nitrogen and oxygen atoms in total. The predicted octanol–water partition coefficient (Wildman–Crippen LogP) is 10.7. The van der Waals surface area contributed by atoms with Crippen LogP contribution < -0.4 is 0 Å². The summed E-state index contributed by atoms with van der Waals surface area (Å²) in [5.74, 6) is -0.883. The maximum atomic E-state index is 14.1. The fourth-order valence-electron chi connectivity index (χ4n) is 4.38. The number of rotatable bonds is 3. The summed E-state index contributed by atoms with van der Waals surface area (Å²) in [4.78, 5) is 0. The Morgan fingerprint density at radius 2 is 1.07 bits per heavy atom. The van der Waals surface area contributed by atoms with Crippen LogP contribution in [-0.2, 0) is 24.7 Å². The Kier molecular flexibility index (Phi) is 7.38. The van der Waals surface area contributed by atoms with E-state index in [0.717, 1.165) is 30.3 Å². The van der Waals surface area contributed by atoms with Crippen molar-refractivity contribution in [1.82, 2.24) is 0 Å². The molecule has 0 unspecified atom stereocenters. The molecule has 0 spiro atoms. The Morgan fingerprint density at radius 1 is 0.488 bits per heavy atom. The van der Waals surface area contributed by atoms with Gasteiger partial charge in [0.05, 0.1) is 22.3 Å². The fraction of sp³-hybridized carbons (Fsp3) is 0.143. The van der Waals surface area contributed by atoms with Gasteiger partial charge in [0.2, 0.25) is 0 Å². The molecule has 13 heteroatoms. The lowest BCUT2D eigenvalue weighted by molar-refractivity contribution is -0.161. The molecule has 0 saturated heterocycles. The van der Waals surface area contributed by atoms with Gasteiger partial charge < -0.3 is 0 Å². The Balaban J connectivity index is 2.13. The SMILES string of the molecule is Fc1ccc(-c2c(C(F)(F)F)[c]ccc2-c2cc(-c3cccc(C(F)(F)F)c3C(F)(F)F)ccc2C(F)(F)F)cc1. The van der Waals surface area contributed by atoms with E-state index in [9.17, 15) is 57.1 Å². The molecule has 0 heterocycles. The van der Waals surface area contributed by atoms with Crippen molar-refractivity contribution in [2.75, 3.05) is 0 Å². The molecule has 0 bridgehead atoms. The Morgan fingerprint density at radius 3 is 1.61 bits per heavy atom. The summed E-state index contributed by atoms with van der Waals surface area (Å²) in [6.45, 7) is 0. The second-order valence-electron chi connectivity index (χ2n) is 8.63. The highest BCUT2D eigenvalue weighted by atomic mass is 19.4. The summed E-state index contributed by atoms with van der Waals surface area (Å²) in [5.41, 5.74) is -12.5. The molecule has 0 aliphatic heterocycles. The smallest absolute Gasteiger partial charge is 0.207 e. The maximum absolute atomic E-state index is 14.1. The first-order valence-corrected chi connectivity index (χ1v) is 11.2. The van der Waals surface area contributed by atoms with Crippen molar-refractivity contribution in [3.8, 4) is 33.4 Å². The number of alkyl halides is 12. The van der Waals surface area contributed by atoms with Gasteiger partial charge in [-0.3, -0.25) is 0 Å². The standard InChI is InChI=1S/C28H12F13/c29-16-10-7-14(8-11-16)23-18(4-2-5-21(23)26(33,34)35)19-13-15(9-12-20(19)25(30,31)32)17-3-1-6-22(27(36,37)38)24(17)28(39,40)41/h1-4,6-13H. The normalized spacial score (nSPS) is 13.0. The molecule has 4 aromatic carbocycles. The minimum atomic E-state index is -5.62. The summed E-state index contributed by atoms with van der Waals surface area (Å²) in [7, 11) is 0. The van der Waals surface area contributed by atoms with Gasteiger partial charge in [-0.25, -0.2) is 4.39 Å². The summed E-state index contributed by atoms with van der Waals surface area (Å²) < 4.78 is 180. The molecule has 1 radical (unpaired) electrons. The van der Waals surface area contributed by atoms with Gasteiger partial charge in [-0.15, -0.1) is 0 Å². The molecule has 215 valence electrons. The molecule has 4 rings (SSSR count). The van der Waals surface area contributed by atoms with E-state index >= 15 is 0 Å². The lowest BCUT2D eigenvalue weighted by Crippen LogP contribution is -2.18. The highest BCUT2D eigenvalue weighted by Gasteiger charge is 2.45. The summed E-state index contributed by atoms with van der Waals surface area (Å²) >= 11 is 0. The van der Waals surface area contributed by atoms with Crippen LogP contribution in [0, 0.1) is 11.9 Å². The molecule has 4 aromatic rings. The van der Waals surface area contributed by atoms with E-state index in [0.29, 0.717) is 30.3 Å². The average Bonchev–Trinajstić information content (AvgIpc) is 2.86. The van der Waals surface area contributed by atoms with Crippen LogP contribution in [-0.4, -0.2) is 0 Å². The van der Waals surface area contributed by atoms with Crippen molar-refractivity contribution in [2.45, 2.75) is 24.7 Å². The van der Waals surface area contributed by atoms with E-state index in [1.807, 2.05) is 6.07 Å². The Labute approximate surface area is 222 Å². The van der Waals surface area contributed by atoms with Gasteiger partial charge in [-0.05, 0) is 64.2 Å². The second kappa shape index (κ2) is 10.1. The molecule has 41 heavy (non-hydrogen) atoms. The summed E-state index contributed by atoms with van der Waals surface area (Å²) in [6.07, 6.45) is -21.6. The molecule has 0 atom stereocenters. The van der Waals surface area contributed by atoms with E-state index in [1.54, 1.807) is 0 Å². The zero-order valence-corrected chi connectivity index (χ0v) is 19.8. The lowest BCUT2D eigenvalue weighted by atomic mass is 9.85.